The Balaban J connectivity index is 3.35. The van der Waals surface area contributed by atoms with Crippen molar-refractivity contribution in [3.05, 3.63) is 67.8 Å². The lowest BCUT2D eigenvalue weighted by Crippen LogP contribution is -2.02. The van der Waals surface area contributed by atoms with E-state index in [-0.39, 0.29) is 5.76 Å². The number of nitrogens with zero attached hydrogens (tertiary/aromatic N) is 3. The van der Waals surface area contributed by atoms with E-state index in [1.807, 2.05) is 0 Å². The first-order valence-electron chi connectivity index (χ1n) is 5.25. The van der Waals surface area contributed by atoms with Crippen molar-refractivity contribution < 1.29 is 5.11 Å². The number of hydrogen-bond donors (Lipinski definition) is 1. The molecule has 0 saturated carbocycles. The zero-order valence-corrected chi connectivity index (χ0v) is 10.1. The molecule has 0 aliphatic heterocycles. The van der Waals surface area contributed by atoms with E-state index < -0.39 is 0 Å². The molecule has 0 spiro atoms. The van der Waals surface area contributed by atoms with Crippen LogP contribution < -0.4 is 0 Å². The molecule has 1 aromatic heterocycles. The minimum absolute atomic E-state index is 0.0464. The van der Waals surface area contributed by atoms with Crippen LogP contribution in [0.5, 0.6) is 0 Å². The highest BCUT2D eigenvalue weighted by Gasteiger charge is 2.09. The summed E-state index contributed by atoms with van der Waals surface area (Å²) in [4.78, 5) is 1.28. The number of aliphatic hydroxyl groups excluding tert-OH is 1. The second-order valence-corrected chi connectivity index (χ2v) is 3.24. The maximum absolute atomic E-state index is 9.65. The van der Waals surface area contributed by atoms with E-state index in [1.54, 1.807) is 24.3 Å². The topological polar surface area (TPSA) is 50.9 Å². The molecule has 0 saturated heterocycles. The van der Waals surface area contributed by atoms with Gasteiger partial charge in [0, 0.05) is 0 Å². The molecule has 18 heavy (non-hydrogen) atoms. The van der Waals surface area contributed by atoms with Gasteiger partial charge < -0.3 is 5.11 Å². The van der Waals surface area contributed by atoms with Crippen LogP contribution in [0, 0.1) is 0 Å². The fraction of sp³-hybridized carbons (Fsp3) is 0. The van der Waals surface area contributed by atoms with Crippen molar-refractivity contribution in [2.24, 2.45) is 0 Å². The Hall–Kier alpha value is -2.62. The molecule has 0 bridgehead atoms. The van der Waals surface area contributed by atoms with Crippen molar-refractivity contribution in [3.63, 3.8) is 0 Å². The molecular formula is C14H15N3O. The zero-order valence-electron chi connectivity index (χ0n) is 10.1. The van der Waals surface area contributed by atoms with Crippen molar-refractivity contribution in [2.75, 3.05) is 0 Å². The molecule has 0 unspecified atom stereocenters. The first-order valence-corrected chi connectivity index (χ1v) is 5.25. The summed E-state index contributed by atoms with van der Waals surface area (Å²) in [6.07, 6.45) is 9.46. The summed E-state index contributed by atoms with van der Waals surface area (Å²) in [6, 6.07) is 0. The third kappa shape index (κ3) is 2.74. The van der Waals surface area contributed by atoms with Gasteiger partial charge in [0.15, 0.2) is 0 Å². The Kier molecular flexibility index (Phi) is 4.63. The second kappa shape index (κ2) is 6.20. The molecule has 4 heteroatoms. The molecule has 0 aromatic carbocycles. The molecule has 1 rings (SSSR count). The fourth-order valence-electron chi connectivity index (χ4n) is 1.25. The van der Waals surface area contributed by atoms with Gasteiger partial charge in [-0.05, 0) is 24.3 Å². The molecule has 1 N–H and O–H groups in total. The monoisotopic (exact) mass is 241 g/mol. The molecule has 1 heterocycles. The Bertz CT molecular complexity index is 547. The number of hydrogen-bond acceptors (Lipinski definition) is 3. The van der Waals surface area contributed by atoms with Crippen LogP contribution in [0.25, 0.3) is 17.8 Å². The zero-order chi connectivity index (χ0) is 13.5. The number of aromatic nitrogens is 3. The van der Waals surface area contributed by atoms with Crippen molar-refractivity contribution in [2.45, 2.75) is 0 Å². The smallest absolute Gasteiger partial charge is 0.142 e. The molecule has 1 aromatic rings. The first kappa shape index (κ1) is 13.4. The lowest BCUT2D eigenvalue weighted by atomic mass is 10.3. The molecule has 0 aliphatic carbocycles. The second-order valence-electron chi connectivity index (χ2n) is 3.24. The molecular weight excluding hydrogens is 226 g/mol. The van der Waals surface area contributed by atoms with Crippen LogP contribution in [0.15, 0.2) is 56.4 Å². The Morgan fingerprint density at radius 1 is 1.06 bits per heavy atom. The van der Waals surface area contributed by atoms with Crippen molar-refractivity contribution in [1.82, 2.24) is 15.0 Å². The van der Waals surface area contributed by atoms with Gasteiger partial charge in [0.1, 0.15) is 22.8 Å². The average Bonchev–Trinajstić information content (AvgIpc) is 2.79. The van der Waals surface area contributed by atoms with E-state index in [9.17, 15) is 5.11 Å². The van der Waals surface area contributed by atoms with Gasteiger partial charge in [0.25, 0.3) is 0 Å². The van der Waals surface area contributed by atoms with E-state index in [2.05, 4.69) is 36.5 Å². The van der Waals surface area contributed by atoms with Crippen LogP contribution in [0.3, 0.4) is 0 Å². The summed E-state index contributed by atoms with van der Waals surface area (Å²) in [7, 11) is 0. The predicted octanol–water partition coefficient (Wildman–Crippen LogP) is 3.22. The van der Waals surface area contributed by atoms with Gasteiger partial charge in [0.05, 0.1) is 0 Å². The molecule has 4 nitrogen and oxygen atoms in total. The minimum Gasteiger partial charge on any atom is -0.506 e. The van der Waals surface area contributed by atoms with Gasteiger partial charge in [-0.15, -0.1) is 15.0 Å². The lowest BCUT2D eigenvalue weighted by Gasteiger charge is -2.00. The largest absolute Gasteiger partial charge is 0.506 e. The Labute approximate surface area is 106 Å². The van der Waals surface area contributed by atoms with Crippen molar-refractivity contribution in [3.8, 4) is 0 Å². The molecule has 0 amide bonds. The summed E-state index contributed by atoms with van der Waals surface area (Å²) in [5.74, 6) is -0.0464. The Morgan fingerprint density at radius 2 is 1.72 bits per heavy atom. The van der Waals surface area contributed by atoms with Crippen molar-refractivity contribution in [1.29, 1.82) is 0 Å². The molecule has 92 valence electrons. The molecule has 0 aliphatic rings. The van der Waals surface area contributed by atoms with Crippen LogP contribution in [0.1, 0.15) is 11.4 Å². The maximum Gasteiger partial charge on any atom is 0.142 e. The SMILES string of the molecule is C=C/C=C\c1nn(/C(C=C)=C(\O)C=C)nc1C=C. The van der Waals surface area contributed by atoms with E-state index in [4.69, 9.17) is 0 Å². The molecule has 0 radical (unpaired) electrons. The van der Waals surface area contributed by atoms with E-state index in [0.29, 0.717) is 17.1 Å². The van der Waals surface area contributed by atoms with E-state index in [0.717, 1.165) is 0 Å². The van der Waals surface area contributed by atoms with Gasteiger partial charge in [-0.25, -0.2) is 0 Å². The van der Waals surface area contributed by atoms with Crippen LogP contribution in [-0.4, -0.2) is 20.1 Å². The van der Waals surface area contributed by atoms with Crippen LogP contribution in [0.2, 0.25) is 0 Å². The van der Waals surface area contributed by atoms with E-state index >= 15 is 0 Å². The highest BCUT2D eigenvalue weighted by atomic mass is 16.3. The normalized spacial score (nSPS) is 12.0. The highest BCUT2D eigenvalue weighted by Crippen LogP contribution is 2.13. The first-order chi connectivity index (χ1) is 8.67. The average molecular weight is 241 g/mol. The summed E-state index contributed by atoms with van der Waals surface area (Å²) < 4.78 is 0. The number of rotatable bonds is 6. The van der Waals surface area contributed by atoms with Gasteiger partial charge in [0.2, 0.25) is 0 Å². The summed E-state index contributed by atoms with van der Waals surface area (Å²) in [6.45, 7) is 14.3. The third-order valence-electron chi connectivity index (χ3n) is 2.12. The molecule has 0 fully saturated rings. The summed E-state index contributed by atoms with van der Waals surface area (Å²) in [5.41, 5.74) is 1.58. The fourth-order valence-corrected chi connectivity index (χ4v) is 1.25. The molecule has 0 atom stereocenters. The van der Waals surface area contributed by atoms with Crippen LogP contribution >= 0.6 is 0 Å². The quantitative estimate of drug-likeness (QED) is 0.614. The van der Waals surface area contributed by atoms with Gasteiger partial charge in [-0.1, -0.05) is 38.5 Å². The highest BCUT2D eigenvalue weighted by molar-refractivity contribution is 5.63. The Morgan fingerprint density at radius 3 is 2.22 bits per heavy atom. The number of aliphatic hydroxyl groups is 1. The maximum atomic E-state index is 9.65. The van der Waals surface area contributed by atoms with Gasteiger partial charge in [-0.2, -0.15) is 0 Å². The summed E-state index contributed by atoms with van der Waals surface area (Å²) in [5, 5.41) is 18.1. The minimum atomic E-state index is -0.0464. The van der Waals surface area contributed by atoms with E-state index in [1.165, 1.54) is 16.9 Å². The van der Waals surface area contributed by atoms with Crippen LogP contribution in [-0.2, 0) is 0 Å². The van der Waals surface area contributed by atoms with Crippen molar-refractivity contribution >= 4 is 17.8 Å². The third-order valence-corrected chi connectivity index (χ3v) is 2.12. The van der Waals surface area contributed by atoms with Gasteiger partial charge in [-0.3, -0.25) is 0 Å². The summed E-state index contributed by atoms with van der Waals surface area (Å²) >= 11 is 0. The standard InChI is InChI=1S/C14H15N3O/c1-5-9-10-12-11(6-2)15-17(16-12)13(7-3)14(18)8-4/h5-10,18H,1-4H2/b10-9-,14-13-. The van der Waals surface area contributed by atoms with Gasteiger partial charge >= 0.3 is 0 Å². The number of allylic oxidation sites excluding steroid dienone is 5. The predicted molar refractivity (Wildman–Crippen MR) is 75.6 cm³/mol. The lowest BCUT2D eigenvalue weighted by molar-refractivity contribution is 0.430. The van der Waals surface area contributed by atoms with Crippen LogP contribution in [0.4, 0.5) is 0 Å².